The number of nitrogens with zero attached hydrogens (tertiary/aromatic N) is 1. The van der Waals surface area contributed by atoms with E-state index in [0.29, 0.717) is 19.6 Å². The van der Waals surface area contributed by atoms with Crippen LogP contribution in [-0.2, 0) is 19.0 Å². The lowest BCUT2D eigenvalue weighted by molar-refractivity contribution is -0.317. The van der Waals surface area contributed by atoms with Gasteiger partial charge in [-0.3, -0.25) is 4.79 Å². The van der Waals surface area contributed by atoms with Crippen LogP contribution >= 0.6 is 15.9 Å². The molecule has 8 heteroatoms. The molecule has 2 aliphatic carbocycles. The number of amides is 1. The molecule has 3 aliphatic heterocycles. The summed E-state index contributed by atoms with van der Waals surface area (Å²) in [5.74, 6) is -0.255. The molecule has 3 unspecified atom stereocenters. The summed E-state index contributed by atoms with van der Waals surface area (Å²) in [6.45, 7) is 4.16. The molecule has 0 aromatic carbocycles. The molecule has 2 spiro atoms. The van der Waals surface area contributed by atoms with E-state index < -0.39 is 17.4 Å². The fourth-order valence-electron chi connectivity index (χ4n) is 6.48. The van der Waals surface area contributed by atoms with E-state index in [4.69, 9.17) is 18.9 Å². The second-order valence-corrected chi connectivity index (χ2v) is 9.20. The molecule has 0 aromatic heterocycles. The van der Waals surface area contributed by atoms with Gasteiger partial charge in [0.1, 0.15) is 24.7 Å². The van der Waals surface area contributed by atoms with Crippen LogP contribution in [0.15, 0.2) is 0 Å². The van der Waals surface area contributed by atoms with E-state index in [2.05, 4.69) is 15.9 Å². The third-order valence-corrected chi connectivity index (χ3v) is 8.87. The molecule has 5 rings (SSSR count). The van der Waals surface area contributed by atoms with Gasteiger partial charge in [0, 0.05) is 12.0 Å². The van der Waals surface area contributed by atoms with E-state index >= 15 is 0 Å². The minimum Gasteiger partial charge on any atom is -0.433 e. The summed E-state index contributed by atoms with van der Waals surface area (Å²) in [5, 5.41) is 0. The van der Waals surface area contributed by atoms with Crippen molar-refractivity contribution >= 4 is 28.0 Å². The summed E-state index contributed by atoms with van der Waals surface area (Å²) in [6, 6.07) is 0. The van der Waals surface area contributed by atoms with Crippen LogP contribution < -0.4 is 0 Å². The van der Waals surface area contributed by atoms with E-state index in [1.807, 2.05) is 11.8 Å². The predicted molar refractivity (Wildman–Crippen MR) is 93.5 cm³/mol. The van der Waals surface area contributed by atoms with Crippen LogP contribution in [0.5, 0.6) is 0 Å². The number of hydrogen-bond donors (Lipinski definition) is 0. The van der Waals surface area contributed by atoms with Crippen molar-refractivity contribution in [3.63, 3.8) is 0 Å². The van der Waals surface area contributed by atoms with Gasteiger partial charge in [-0.2, -0.15) is 0 Å². The second-order valence-electron chi connectivity index (χ2n) is 8.33. The lowest BCUT2D eigenvalue weighted by atomic mass is 9.45. The van der Waals surface area contributed by atoms with Crippen LogP contribution in [0, 0.1) is 16.7 Å². The van der Waals surface area contributed by atoms with E-state index in [-0.39, 0.29) is 34.9 Å². The molecule has 7 nitrogen and oxygen atoms in total. The number of aliphatic hydroxyl groups is 2. The van der Waals surface area contributed by atoms with Gasteiger partial charge in [0.05, 0.1) is 17.8 Å². The molecule has 3 saturated heterocycles. The molecule has 2 saturated carbocycles. The van der Waals surface area contributed by atoms with Crippen LogP contribution in [0.3, 0.4) is 0 Å². The van der Waals surface area contributed by atoms with Crippen LogP contribution in [0.1, 0.15) is 39.0 Å². The maximum Gasteiger partial charge on any atom is 0.508 e. The van der Waals surface area contributed by atoms with Gasteiger partial charge in [-0.25, -0.2) is 4.79 Å². The monoisotopic (exact) mass is 430 g/mol. The molecule has 6 atom stereocenters. The summed E-state index contributed by atoms with van der Waals surface area (Å²) in [7, 11) is 0. The number of cyclic esters (lactones) is 1. The molecule has 5 fully saturated rings. The summed E-state index contributed by atoms with van der Waals surface area (Å²) in [4.78, 5) is 27.2. The first kappa shape index (κ1) is 17.3. The van der Waals surface area contributed by atoms with Gasteiger partial charge in [-0.1, -0.05) is 15.9 Å². The maximum atomic E-state index is 13.6. The molecular weight excluding hydrogens is 406 g/mol. The number of carbonyl (C=O) groups is 2. The largest absolute Gasteiger partial charge is 0.508 e. The number of likely N-dealkylation sites (tertiary alicyclic amines) is 1. The maximum absolute atomic E-state index is 13.6. The SMILES string of the molecule is CCN1C(=O)[C@]23COC(=O)O[C@@H]2CCC2(CC4(CCC23)OCC[OH+]4)[C@H]1Br. The highest BCUT2D eigenvalue weighted by Crippen LogP contribution is 2.68. The minimum atomic E-state index is -0.771. The molecule has 1 amide bonds. The quantitative estimate of drug-likeness (QED) is 0.275. The Labute approximate surface area is 160 Å². The molecule has 26 heavy (non-hydrogen) atoms. The molecule has 0 aromatic rings. The molecule has 144 valence electrons. The Morgan fingerprint density at radius 1 is 1.31 bits per heavy atom. The Balaban J connectivity index is 1.62. The van der Waals surface area contributed by atoms with Gasteiger partial charge in [0.15, 0.2) is 6.61 Å². The minimum absolute atomic E-state index is 0.0555. The van der Waals surface area contributed by atoms with Crippen molar-refractivity contribution in [1.29, 1.82) is 0 Å². The fourth-order valence-corrected chi connectivity index (χ4v) is 7.66. The van der Waals surface area contributed by atoms with Crippen molar-refractivity contribution in [2.75, 3.05) is 26.4 Å². The number of halogens is 1. The fraction of sp³-hybridized carbons (Fsp3) is 0.889. The number of ether oxygens (including phenoxy) is 4. The Morgan fingerprint density at radius 2 is 2.15 bits per heavy atom. The highest BCUT2D eigenvalue weighted by Gasteiger charge is 2.75. The zero-order valence-corrected chi connectivity index (χ0v) is 16.5. The van der Waals surface area contributed by atoms with E-state index in [9.17, 15) is 9.59 Å². The summed E-state index contributed by atoms with van der Waals surface area (Å²) in [5.41, 5.74) is -0.910. The summed E-state index contributed by atoms with van der Waals surface area (Å²) < 4.78 is 21.8. The Kier molecular flexibility index (Phi) is 3.70. The third kappa shape index (κ3) is 1.96. The van der Waals surface area contributed by atoms with E-state index in [0.717, 1.165) is 32.3 Å². The normalized spacial score (nSPS) is 50.1. The average molecular weight is 431 g/mol. The number of piperidine rings is 1. The third-order valence-electron chi connectivity index (χ3n) is 7.47. The van der Waals surface area contributed by atoms with Gasteiger partial charge in [-0.05, 0) is 32.1 Å². The number of carbonyl (C=O) groups excluding carboxylic acids is 2. The van der Waals surface area contributed by atoms with Crippen molar-refractivity contribution in [3.8, 4) is 0 Å². The summed E-state index contributed by atoms with van der Waals surface area (Å²) >= 11 is 3.89. The van der Waals surface area contributed by atoms with Crippen molar-refractivity contribution in [3.05, 3.63) is 0 Å². The Hall–Kier alpha value is -0.860. The van der Waals surface area contributed by atoms with Crippen molar-refractivity contribution in [1.82, 2.24) is 4.90 Å². The first-order chi connectivity index (χ1) is 12.5. The van der Waals surface area contributed by atoms with Gasteiger partial charge in [0.2, 0.25) is 5.91 Å². The first-order valence-corrected chi connectivity index (χ1v) is 10.5. The lowest BCUT2D eigenvalue weighted by Gasteiger charge is -2.66. The summed E-state index contributed by atoms with van der Waals surface area (Å²) in [6.07, 6.45) is 3.01. The Bertz CT molecular complexity index is 652. The van der Waals surface area contributed by atoms with Gasteiger partial charge in [0.25, 0.3) is 5.79 Å². The van der Waals surface area contributed by atoms with Crippen molar-refractivity contribution in [2.45, 2.75) is 55.9 Å². The predicted octanol–water partition coefficient (Wildman–Crippen LogP) is 1.93. The van der Waals surface area contributed by atoms with Gasteiger partial charge >= 0.3 is 6.16 Å². The first-order valence-electron chi connectivity index (χ1n) is 9.59. The van der Waals surface area contributed by atoms with Crippen molar-refractivity contribution in [2.24, 2.45) is 16.7 Å². The number of rotatable bonds is 1. The van der Waals surface area contributed by atoms with Crippen LogP contribution in [0.2, 0.25) is 0 Å². The van der Waals surface area contributed by atoms with E-state index in [1.54, 1.807) is 0 Å². The molecule has 3 heterocycles. The lowest BCUT2D eigenvalue weighted by Crippen LogP contribution is -2.76. The van der Waals surface area contributed by atoms with Crippen molar-refractivity contribution < 1.29 is 28.5 Å². The molecule has 1 N–H and O–H groups in total. The Morgan fingerprint density at radius 3 is 2.88 bits per heavy atom. The molecular formula is C18H25BrNO6+. The topological polar surface area (TPSA) is 77.9 Å². The highest BCUT2D eigenvalue weighted by molar-refractivity contribution is 9.09. The van der Waals surface area contributed by atoms with Crippen LogP contribution in [0.25, 0.3) is 0 Å². The van der Waals surface area contributed by atoms with Gasteiger partial charge < -0.3 is 23.8 Å². The molecule has 0 radical (unpaired) electrons. The molecule has 2 bridgehead atoms. The highest BCUT2D eigenvalue weighted by atomic mass is 79.9. The van der Waals surface area contributed by atoms with E-state index in [1.165, 1.54) is 0 Å². The standard InChI is InChI=1S/C18H24BrNO6/c1-2-20-13(19)16-5-4-12-18(14(20)21,10-23-15(22)26-12)11(16)3-6-17(9-16)24-7-8-25-17/h11-13H,2-10H2,1H3/p+1/t11?,12-,13+,16?,18+/m1/s1. The zero-order valence-electron chi connectivity index (χ0n) is 14.9. The smallest absolute Gasteiger partial charge is 0.433 e. The average Bonchev–Trinajstić information content (AvgIpc) is 3.08. The van der Waals surface area contributed by atoms with Gasteiger partial charge in [-0.15, -0.1) is 0 Å². The molecule has 5 aliphatic rings. The van der Waals surface area contributed by atoms with Crippen LogP contribution in [-0.4, -0.2) is 64.9 Å². The second kappa shape index (κ2) is 5.58. The zero-order chi connectivity index (χ0) is 18.2. The number of hydrogen-bond acceptors (Lipinski definition) is 5. The number of alkyl halides is 1. The van der Waals surface area contributed by atoms with Crippen LogP contribution in [0.4, 0.5) is 4.79 Å².